The molecule has 0 aliphatic rings. The lowest BCUT2D eigenvalue weighted by molar-refractivity contribution is -0.118. The van der Waals surface area contributed by atoms with Crippen molar-refractivity contribution in [1.29, 1.82) is 0 Å². The summed E-state index contributed by atoms with van der Waals surface area (Å²) in [5.41, 5.74) is 2.52. The molecule has 0 radical (unpaired) electrons. The van der Waals surface area contributed by atoms with Crippen LogP contribution in [-0.2, 0) is 11.3 Å². The lowest BCUT2D eigenvalue weighted by Gasteiger charge is -2.06. The van der Waals surface area contributed by atoms with Gasteiger partial charge in [-0.05, 0) is 36.8 Å². The van der Waals surface area contributed by atoms with E-state index in [0.29, 0.717) is 17.5 Å². The first kappa shape index (κ1) is 16.7. The summed E-state index contributed by atoms with van der Waals surface area (Å²) in [5, 5.41) is 4.58. The van der Waals surface area contributed by atoms with Crippen LogP contribution in [0.2, 0.25) is 0 Å². The molecule has 0 bridgehead atoms. The second-order valence-corrected chi connectivity index (χ2v) is 6.79. The van der Waals surface area contributed by atoms with Crippen molar-refractivity contribution >= 4 is 39.8 Å². The first-order chi connectivity index (χ1) is 12.8. The molecule has 3 aromatic heterocycles. The number of carbonyl (C=O) groups excluding carboxylic acids is 1. The van der Waals surface area contributed by atoms with Crippen LogP contribution in [0.1, 0.15) is 6.42 Å². The minimum atomic E-state index is -0.0206. The number of oxazole rings is 1. The summed E-state index contributed by atoms with van der Waals surface area (Å²) in [7, 11) is 0. The summed E-state index contributed by atoms with van der Waals surface area (Å²) >= 11 is 1.31. The normalized spacial score (nSPS) is 11.2. The Morgan fingerprint density at radius 2 is 2.12 bits per heavy atom. The summed E-state index contributed by atoms with van der Waals surface area (Å²) in [6.07, 6.45) is 4.67. The van der Waals surface area contributed by atoms with Gasteiger partial charge in [-0.25, -0.2) is 9.97 Å². The molecule has 0 atom stereocenters. The Morgan fingerprint density at radius 3 is 3.04 bits per heavy atom. The van der Waals surface area contributed by atoms with Crippen molar-refractivity contribution in [3.63, 3.8) is 0 Å². The largest absolute Gasteiger partial charge is 0.431 e. The Kier molecular flexibility index (Phi) is 4.88. The van der Waals surface area contributed by atoms with Gasteiger partial charge < -0.3 is 14.3 Å². The molecule has 4 aromatic rings. The molecule has 7 heteroatoms. The van der Waals surface area contributed by atoms with E-state index in [-0.39, 0.29) is 5.91 Å². The quantitative estimate of drug-likeness (QED) is 0.400. The summed E-state index contributed by atoms with van der Waals surface area (Å²) in [5.74, 6) is 0.272. The van der Waals surface area contributed by atoms with Gasteiger partial charge in [-0.1, -0.05) is 23.9 Å². The molecule has 0 unspecified atom stereocenters. The number of aromatic nitrogens is 3. The zero-order valence-electron chi connectivity index (χ0n) is 14.1. The van der Waals surface area contributed by atoms with Gasteiger partial charge in [-0.3, -0.25) is 4.79 Å². The van der Waals surface area contributed by atoms with Crippen LogP contribution in [0.5, 0.6) is 0 Å². The number of rotatable bonds is 7. The number of pyridine rings is 1. The van der Waals surface area contributed by atoms with Crippen LogP contribution in [0, 0.1) is 0 Å². The number of benzene rings is 1. The smallest absolute Gasteiger partial charge is 0.257 e. The molecule has 0 saturated heterocycles. The van der Waals surface area contributed by atoms with Crippen molar-refractivity contribution in [1.82, 2.24) is 19.9 Å². The predicted molar refractivity (Wildman–Crippen MR) is 102 cm³/mol. The number of amides is 1. The van der Waals surface area contributed by atoms with Crippen molar-refractivity contribution in [2.24, 2.45) is 0 Å². The predicted octanol–water partition coefficient (Wildman–Crippen LogP) is 3.48. The van der Waals surface area contributed by atoms with Crippen LogP contribution in [0.25, 0.3) is 22.1 Å². The molecule has 1 aromatic carbocycles. The number of para-hydroxylation sites is 2. The topological polar surface area (TPSA) is 73.0 Å². The number of aryl methyl sites for hydroxylation is 1. The highest BCUT2D eigenvalue weighted by atomic mass is 32.2. The number of nitrogens with one attached hydrogen (secondary N) is 1. The zero-order chi connectivity index (χ0) is 17.8. The highest BCUT2D eigenvalue weighted by Gasteiger charge is 2.09. The number of carbonyl (C=O) groups is 1. The zero-order valence-corrected chi connectivity index (χ0v) is 14.9. The Hall–Kier alpha value is -2.80. The molecule has 4 rings (SSSR count). The molecule has 0 aliphatic heterocycles. The average Bonchev–Trinajstić information content (AvgIpc) is 3.27. The van der Waals surface area contributed by atoms with Crippen LogP contribution < -0.4 is 5.32 Å². The lowest BCUT2D eigenvalue weighted by atomic mass is 10.3. The number of nitrogens with zero attached hydrogens (tertiary/aromatic N) is 3. The van der Waals surface area contributed by atoms with Crippen LogP contribution in [0.4, 0.5) is 0 Å². The minimum Gasteiger partial charge on any atom is -0.431 e. The van der Waals surface area contributed by atoms with Crippen LogP contribution in [0.15, 0.2) is 64.5 Å². The van der Waals surface area contributed by atoms with E-state index in [2.05, 4.69) is 25.9 Å². The first-order valence-electron chi connectivity index (χ1n) is 8.44. The molecule has 6 nitrogen and oxygen atoms in total. The van der Waals surface area contributed by atoms with E-state index < -0.39 is 0 Å². The molecule has 1 N–H and O–H groups in total. The van der Waals surface area contributed by atoms with Gasteiger partial charge >= 0.3 is 0 Å². The van der Waals surface area contributed by atoms with Gasteiger partial charge in [0.15, 0.2) is 5.58 Å². The highest BCUT2D eigenvalue weighted by molar-refractivity contribution is 7.99. The van der Waals surface area contributed by atoms with Gasteiger partial charge in [-0.2, -0.15) is 0 Å². The van der Waals surface area contributed by atoms with Crippen molar-refractivity contribution in [3.8, 4) is 0 Å². The molecule has 0 saturated carbocycles. The van der Waals surface area contributed by atoms with E-state index >= 15 is 0 Å². The van der Waals surface area contributed by atoms with Crippen molar-refractivity contribution in [3.05, 3.63) is 54.9 Å². The Morgan fingerprint density at radius 1 is 1.19 bits per heavy atom. The summed E-state index contributed by atoms with van der Waals surface area (Å²) in [6, 6.07) is 13.6. The minimum absolute atomic E-state index is 0.0206. The van der Waals surface area contributed by atoms with Crippen LogP contribution in [-0.4, -0.2) is 32.7 Å². The number of hydrogen-bond donors (Lipinski definition) is 1. The second-order valence-electron chi connectivity index (χ2n) is 5.87. The van der Waals surface area contributed by atoms with Crippen LogP contribution >= 0.6 is 11.8 Å². The van der Waals surface area contributed by atoms with Gasteiger partial charge in [0.1, 0.15) is 11.2 Å². The fraction of sp³-hybridized carbons (Fsp3) is 0.211. The number of hydrogen-bond acceptors (Lipinski definition) is 5. The third-order valence-electron chi connectivity index (χ3n) is 4.02. The van der Waals surface area contributed by atoms with E-state index in [1.54, 1.807) is 6.20 Å². The van der Waals surface area contributed by atoms with E-state index in [9.17, 15) is 4.79 Å². The standard InChI is InChI=1S/C19H18N4O2S/c24-17(13-26-19-22-15-6-1-2-7-16(15)25-19)20-10-4-11-23-12-8-14-5-3-9-21-18(14)23/h1-3,5-9,12H,4,10-11,13H2,(H,20,24). The van der Waals surface area contributed by atoms with Gasteiger partial charge in [-0.15, -0.1) is 0 Å². The molecule has 132 valence electrons. The first-order valence-corrected chi connectivity index (χ1v) is 9.43. The third-order valence-corrected chi connectivity index (χ3v) is 4.85. The molecular formula is C19H18N4O2S. The third kappa shape index (κ3) is 3.72. The maximum atomic E-state index is 12.0. The van der Waals surface area contributed by atoms with E-state index in [4.69, 9.17) is 4.42 Å². The molecular weight excluding hydrogens is 348 g/mol. The highest BCUT2D eigenvalue weighted by Crippen LogP contribution is 2.22. The Bertz CT molecular complexity index is 1010. The molecule has 0 aliphatic carbocycles. The summed E-state index contributed by atoms with van der Waals surface area (Å²) < 4.78 is 7.70. The second kappa shape index (κ2) is 7.61. The number of thioether (sulfide) groups is 1. The van der Waals surface area contributed by atoms with E-state index in [1.807, 2.05) is 42.6 Å². The Balaban J connectivity index is 1.21. The molecule has 26 heavy (non-hydrogen) atoms. The SMILES string of the molecule is O=C(CSc1nc2ccccc2o1)NCCCn1ccc2cccnc21. The maximum absolute atomic E-state index is 12.0. The molecule has 3 heterocycles. The van der Waals surface area contributed by atoms with Crippen molar-refractivity contribution < 1.29 is 9.21 Å². The van der Waals surface area contributed by atoms with Crippen LogP contribution in [0.3, 0.4) is 0 Å². The van der Waals surface area contributed by atoms with Gasteiger partial charge in [0.25, 0.3) is 5.22 Å². The van der Waals surface area contributed by atoms with Crippen molar-refractivity contribution in [2.75, 3.05) is 12.3 Å². The van der Waals surface area contributed by atoms with Crippen molar-refractivity contribution in [2.45, 2.75) is 18.2 Å². The van der Waals surface area contributed by atoms with Gasteiger partial charge in [0.2, 0.25) is 5.91 Å². The fourth-order valence-corrected chi connectivity index (χ4v) is 3.44. The summed E-state index contributed by atoms with van der Waals surface area (Å²) in [6.45, 7) is 1.44. The lowest BCUT2D eigenvalue weighted by Crippen LogP contribution is -2.26. The average molecular weight is 366 g/mol. The molecule has 0 fully saturated rings. The summed E-state index contributed by atoms with van der Waals surface area (Å²) in [4.78, 5) is 20.7. The van der Waals surface area contributed by atoms with Gasteiger partial charge in [0.05, 0.1) is 5.75 Å². The monoisotopic (exact) mass is 366 g/mol. The molecule has 0 spiro atoms. The fourth-order valence-electron chi connectivity index (χ4n) is 2.77. The van der Waals surface area contributed by atoms with Gasteiger partial charge in [0, 0.05) is 30.9 Å². The molecule has 1 amide bonds. The maximum Gasteiger partial charge on any atom is 0.257 e. The number of fused-ring (bicyclic) bond motifs is 2. The van der Waals surface area contributed by atoms with E-state index in [0.717, 1.165) is 35.1 Å². The van der Waals surface area contributed by atoms with E-state index in [1.165, 1.54) is 11.8 Å². The Labute approximate surface area is 154 Å².